The van der Waals surface area contributed by atoms with Gasteiger partial charge >= 0.3 is 0 Å². The first-order valence-electron chi connectivity index (χ1n) is 11.9. The molecule has 0 saturated carbocycles. The molecule has 1 fully saturated rings. The molecule has 0 atom stereocenters. The second-order valence-electron chi connectivity index (χ2n) is 9.06. The summed E-state index contributed by atoms with van der Waals surface area (Å²) in [6, 6.07) is 18.5. The topological polar surface area (TPSA) is 82.6 Å². The van der Waals surface area contributed by atoms with Crippen molar-refractivity contribution in [2.75, 3.05) is 18.4 Å². The molecule has 4 heterocycles. The number of nitrogens with zero attached hydrogens (tertiary/aromatic N) is 3. The number of rotatable bonds is 6. The lowest BCUT2D eigenvalue weighted by Crippen LogP contribution is -2.36. The molecule has 0 spiro atoms. The van der Waals surface area contributed by atoms with Crippen molar-refractivity contribution >= 4 is 68.0 Å². The molecule has 1 saturated heterocycles. The molecule has 6 rings (SSSR count). The molecule has 2 aromatic heterocycles. The Hall–Kier alpha value is -3.11. The molecule has 1 N–H and O–H groups in total. The third-order valence-corrected chi connectivity index (χ3v) is 8.79. The van der Waals surface area contributed by atoms with Gasteiger partial charge in [0.05, 0.1) is 10.2 Å². The fourth-order valence-electron chi connectivity index (χ4n) is 4.84. The number of carbonyl (C=O) groups excluding carboxylic acids is 3. The molecule has 7 nitrogen and oxygen atoms in total. The van der Waals surface area contributed by atoms with Crippen molar-refractivity contribution in [1.82, 2.24) is 14.8 Å². The molecule has 10 heteroatoms. The molecule has 2 aliphatic rings. The number of aromatic nitrogens is 1. The van der Waals surface area contributed by atoms with Gasteiger partial charge < -0.3 is 5.32 Å². The van der Waals surface area contributed by atoms with Crippen LogP contribution in [0.3, 0.4) is 0 Å². The zero-order chi connectivity index (χ0) is 24.6. The third kappa shape index (κ3) is 5.17. The number of halogens is 1. The summed E-state index contributed by atoms with van der Waals surface area (Å²) in [5, 5.41) is 4.65. The summed E-state index contributed by atoms with van der Waals surface area (Å²) in [6.45, 7) is 2.33. The van der Waals surface area contributed by atoms with Crippen LogP contribution in [-0.4, -0.2) is 45.6 Å². The first kappa shape index (κ1) is 25.5. The van der Waals surface area contributed by atoms with Crippen LogP contribution in [0, 0.1) is 0 Å². The highest BCUT2D eigenvalue weighted by Crippen LogP contribution is 2.45. The first-order chi connectivity index (χ1) is 17.5. The van der Waals surface area contributed by atoms with Gasteiger partial charge in [0, 0.05) is 42.9 Å². The molecule has 4 aromatic rings. The van der Waals surface area contributed by atoms with Crippen molar-refractivity contribution in [3.05, 3.63) is 70.6 Å². The molecular weight excluding hydrogens is 528 g/mol. The average Bonchev–Trinajstić information content (AvgIpc) is 3.55. The van der Waals surface area contributed by atoms with Gasteiger partial charge in [0.25, 0.3) is 0 Å². The average molecular weight is 553 g/mol. The number of imide groups is 1. The number of hydrogen-bond donors (Lipinski definition) is 1. The number of thiazole rings is 1. The van der Waals surface area contributed by atoms with Crippen LogP contribution in [0.4, 0.5) is 5.00 Å². The molecule has 0 radical (unpaired) electrons. The Bertz CT molecular complexity index is 1430. The van der Waals surface area contributed by atoms with Gasteiger partial charge in [0.15, 0.2) is 0 Å². The Morgan fingerprint density at radius 1 is 0.946 bits per heavy atom. The largest absolute Gasteiger partial charge is 0.316 e. The molecule has 37 heavy (non-hydrogen) atoms. The van der Waals surface area contributed by atoms with Crippen LogP contribution < -0.4 is 5.32 Å². The Morgan fingerprint density at radius 2 is 1.68 bits per heavy atom. The molecule has 3 amide bonds. The minimum Gasteiger partial charge on any atom is -0.316 e. The van der Waals surface area contributed by atoms with Crippen molar-refractivity contribution < 1.29 is 14.4 Å². The fraction of sp³-hybridized carbons (Fsp3) is 0.259. The smallest absolute Gasteiger partial charge is 0.245 e. The van der Waals surface area contributed by atoms with Gasteiger partial charge in [-0.2, -0.15) is 0 Å². The number of fused-ring (bicyclic) bond motifs is 2. The van der Waals surface area contributed by atoms with Crippen LogP contribution in [0.2, 0.25) is 0 Å². The van der Waals surface area contributed by atoms with E-state index < -0.39 is 0 Å². The standard InChI is InChI=1S/C27H24N4O3S2.ClH/c32-22(16-31-23(33)10-11-24(31)34)29-27-25(26-28-19-8-4-5-9-20(19)35-26)18-12-13-30(15-21(18)36-27)14-17-6-2-1-3-7-17;/h1-9H,10-16H2,(H,29,32);1H. The highest BCUT2D eigenvalue weighted by Gasteiger charge is 2.32. The van der Waals surface area contributed by atoms with Crippen molar-refractivity contribution in [2.45, 2.75) is 32.4 Å². The number of carbonyl (C=O) groups is 3. The normalized spacial score (nSPS) is 15.6. The maximum absolute atomic E-state index is 13.0. The van der Waals surface area contributed by atoms with E-state index in [2.05, 4.69) is 40.5 Å². The Labute approximate surface area is 228 Å². The zero-order valence-corrected chi connectivity index (χ0v) is 22.4. The van der Waals surface area contributed by atoms with E-state index >= 15 is 0 Å². The van der Waals surface area contributed by atoms with Gasteiger partial charge in [-0.1, -0.05) is 42.5 Å². The quantitative estimate of drug-likeness (QED) is 0.337. The van der Waals surface area contributed by atoms with Crippen molar-refractivity contribution in [1.29, 1.82) is 0 Å². The molecular formula is C27H25ClN4O3S2. The minimum atomic E-state index is -0.360. The lowest BCUT2D eigenvalue weighted by molar-refractivity contribution is -0.141. The van der Waals surface area contributed by atoms with E-state index in [1.807, 2.05) is 24.3 Å². The number of anilines is 1. The van der Waals surface area contributed by atoms with Gasteiger partial charge in [-0.3, -0.25) is 24.2 Å². The maximum atomic E-state index is 13.0. The van der Waals surface area contributed by atoms with Gasteiger partial charge in [-0.05, 0) is 29.7 Å². The lowest BCUT2D eigenvalue weighted by atomic mass is 10.0. The second-order valence-corrected chi connectivity index (χ2v) is 11.2. The highest BCUT2D eigenvalue weighted by molar-refractivity contribution is 7.22. The summed E-state index contributed by atoms with van der Waals surface area (Å²) >= 11 is 3.19. The van der Waals surface area contributed by atoms with Gasteiger partial charge in [-0.25, -0.2) is 4.98 Å². The van der Waals surface area contributed by atoms with Crippen LogP contribution >= 0.6 is 35.1 Å². The number of amides is 3. The number of para-hydroxylation sites is 1. The molecule has 2 aliphatic heterocycles. The van der Waals surface area contributed by atoms with E-state index in [1.54, 1.807) is 22.7 Å². The Morgan fingerprint density at radius 3 is 2.43 bits per heavy atom. The fourth-order valence-corrected chi connectivity index (χ4v) is 7.25. The van der Waals surface area contributed by atoms with Crippen molar-refractivity contribution in [3.8, 4) is 10.6 Å². The molecule has 0 unspecified atom stereocenters. The van der Waals surface area contributed by atoms with E-state index in [-0.39, 0.29) is 49.5 Å². The predicted molar refractivity (Wildman–Crippen MR) is 149 cm³/mol. The summed E-state index contributed by atoms with van der Waals surface area (Å²) in [5.41, 5.74) is 4.41. The van der Waals surface area contributed by atoms with Gasteiger partial charge in [-0.15, -0.1) is 35.1 Å². The van der Waals surface area contributed by atoms with E-state index in [0.29, 0.717) is 0 Å². The van der Waals surface area contributed by atoms with E-state index in [1.165, 1.54) is 16.0 Å². The molecule has 2 aromatic carbocycles. The molecule has 0 aliphatic carbocycles. The minimum absolute atomic E-state index is 0. The molecule has 190 valence electrons. The summed E-state index contributed by atoms with van der Waals surface area (Å²) < 4.78 is 1.10. The monoisotopic (exact) mass is 552 g/mol. The molecule has 0 bridgehead atoms. The van der Waals surface area contributed by atoms with Gasteiger partial charge in [0.1, 0.15) is 16.6 Å². The first-order valence-corrected chi connectivity index (χ1v) is 13.6. The Balaban J connectivity index is 0.00000280. The predicted octanol–water partition coefficient (Wildman–Crippen LogP) is 5.09. The van der Waals surface area contributed by atoms with E-state index in [0.717, 1.165) is 56.7 Å². The summed E-state index contributed by atoms with van der Waals surface area (Å²) in [6.07, 6.45) is 1.21. The van der Waals surface area contributed by atoms with Gasteiger partial charge in [0.2, 0.25) is 17.7 Å². The highest BCUT2D eigenvalue weighted by atomic mass is 35.5. The number of thiophene rings is 1. The van der Waals surface area contributed by atoms with E-state index in [9.17, 15) is 14.4 Å². The van der Waals surface area contributed by atoms with Crippen molar-refractivity contribution in [3.63, 3.8) is 0 Å². The van der Waals surface area contributed by atoms with Crippen LogP contribution in [0.1, 0.15) is 28.8 Å². The van der Waals surface area contributed by atoms with E-state index in [4.69, 9.17) is 4.98 Å². The number of benzene rings is 2. The number of nitrogens with one attached hydrogen (secondary N) is 1. The van der Waals surface area contributed by atoms with Crippen molar-refractivity contribution in [2.24, 2.45) is 0 Å². The van der Waals surface area contributed by atoms with Crippen LogP contribution in [0.5, 0.6) is 0 Å². The summed E-state index contributed by atoms with van der Waals surface area (Å²) in [7, 11) is 0. The van der Waals surface area contributed by atoms with Crippen LogP contribution in [0.15, 0.2) is 54.6 Å². The lowest BCUT2D eigenvalue weighted by Gasteiger charge is -2.27. The van der Waals surface area contributed by atoms with Crippen LogP contribution in [-0.2, 0) is 33.9 Å². The third-order valence-electron chi connectivity index (χ3n) is 6.60. The zero-order valence-electron chi connectivity index (χ0n) is 19.9. The number of hydrogen-bond acceptors (Lipinski definition) is 7. The maximum Gasteiger partial charge on any atom is 0.245 e. The summed E-state index contributed by atoms with van der Waals surface area (Å²) in [4.78, 5) is 46.6. The number of likely N-dealkylation sites (tertiary alicyclic amines) is 1. The Kier molecular flexibility index (Phi) is 7.39. The second kappa shape index (κ2) is 10.7. The SMILES string of the molecule is Cl.O=C(CN1C(=O)CCC1=O)Nc1sc2c(c1-c1nc3ccccc3s1)CCN(Cc1ccccc1)C2. The van der Waals surface area contributed by atoms with Crippen LogP contribution in [0.25, 0.3) is 20.8 Å². The summed E-state index contributed by atoms with van der Waals surface area (Å²) in [5.74, 6) is -0.937.